The second-order valence-corrected chi connectivity index (χ2v) is 6.68. The number of nitrogens with one attached hydrogen (secondary N) is 1. The Kier molecular flexibility index (Phi) is 6.07. The Morgan fingerprint density at radius 3 is 2.54 bits per heavy atom. The molecule has 1 fully saturated rings. The van der Waals surface area contributed by atoms with E-state index in [4.69, 9.17) is 4.74 Å². The molecule has 1 saturated heterocycles. The smallest absolute Gasteiger partial charge is 0.322 e. The Hall–Kier alpha value is -2.60. The second-order valence-electron chi connectivity index (χ2n) is 6.68. The molecule has 0 saturated carbocycles. The van der Waals surface area contributed by atoms with Crippen molar-refractivity contribution in [2.24, 2.45) is 0 Å². The maximum atomic E-state index is 12.6. The lowest BCUT2D eigenvalue weighted by Gasteiger charge is -2.34. The van der Waals surface area contributed by atoms with E-state index in [0.717, 1.165) is 25.3 Å². The van der Waals surface area contributed by atoms with Crippen LogP contribution in [0.1, 0.15) is 19.5 Å². The first-order chi connectivity index (χ1) is 12.6. The summed E-state index contributed by atoms with van der Waals surface area (Å²) >= 11 is 0. The van der Waals surface area contributed by atoms with Crippen LogP contribution in [0.5, 0.6) is 5.75 Å². The number of hydrogen-bond acceptors (Lipinski definition) is 4. The van der Waals surface area contributed by atoms with E-state index in [9.17, 15) is 4.79 Å². The van der Waals surface area contributed by atoms with Gasteiger partial charge in [0.15, 0.2) is 0 Å². The molecule has 0 spiro atoms. The van der Waals surface area contributed by atoms with E-state index in [2.05, 4.69) is 15.2 Å². The number of pyridine rings is 1. The Morgan fingerprint density at radius 1 is 1.12 bits per heavy atom. The highest BCUT2D eigenvalue weighted by Gasteiger charge is 2.22. The van der Waals surface area contributed by atoms with Crippen molar-refractivity contribution < 1.29 is 9.53 Å². The predicted molar refractivity (Wildman–Crippen MR) is 102 cm³/mol. The summed E-state index contributed by atoms with van der Waals surface area (Å²) in [6, 6.07) is 13.4. The van der Waals surface area contributed by atoms with Gasteiger partial charge >= 0.3 is 6.03 Å². The van der Waals surface area contributed by atoms with Crippen LogP contribution in [0.4, 0.5) is 10.5 Å². The summed E-state index contributed by atoms with van der Waals surface area (Å²) in [6.45, 7) is 7.85. The van der Waals surface area contributed by atoms with Gasteiger partial charge in [-0.05, 0) is 38.1 Å². The van der Waals surface area contributed by atoms with Gasteiger partial charge in [0.25, 0.3) is 0 Å². The number of amides is 2. The molecule has 6 heteroatoms. The van der Waals surface area contributed by atoms with Gasteiger partial charge in [0.1, 0.15) is 5.75 Å². The van der Waals surface area contributed by atoms with E-state index in [1.165, 1.54) is 0 Å². The molecule has 1 aliphatic heterocycles. The topological polar surface area (TPSA) is 57.7 Å². The van der Waals surface area contributed by atoms with Crippen molar-refractivity contribution >= 4 is 11.7 Å². The van der Waals surface area contributed by atoms with Crippen LogP contribution in [-0.4, -0.2) is 53.1 Å². The SMILES string of the molecule is CC(C)Oc1ccccc1NC(=O)N1CCN(Cc2ccccn2)CC1. The van der Waals surface area contributed by atoms with Crippen LogP contribution in [0.15, 0.2) is 48.7 Å². The molecule has 0 atom stereocenters. The normalized spacial score (nSPS) is 15.1. The number of hydrogen-bond donors (Lipinski definition) is 1. The number of carbonyl (C=O) groups excluding carboxylic acids is 1. The first-order valence-electron chi connectivity index (χ1n) is 9.05. The lowest BCUT2D eigenvalue weighted by atomic mass is 10.2. The van der Waals surface area contributed by atoms with Crippen molar-refractivity contribution in [1.29, 1.82) is 0 Å². The molecule has 0 bridgehead atoms. The number of carbonyl (C=O) groups is 1. The summed E-state index contributed by atoms with van der Waals surface area (Å²) in [4.78, 5) is 21.1. The van der Waals surface area contributed by atoms with Crippen molar-refractivity contribution in [1.82, 2.24) is 14.8 Å². The Balaban J connectivity index is 1.53. The maximum absolute atomic E-state index is 12.6. The number of aromatic nitrogens is 1. The first kappa shape index (κ1) is 18.2. The highest BCUT2D eigenvalue weighted by Crippen LogP contribution is 2.25. The van der Waals surface area contributed by atoms with Crippen molar-refractivity contribution in [2.75, 3.05) is 31.5 Å². The number of para-hydroxylation sites is 2. The fourth-order valence-corrected chi connectivity index (χ4v) is 2.95. The average molecular weight is 354 g/mol. The second kappa shape index (κ2) is 8.67. The molecule has 0 aliphatic carbocycles. The van der Waals surface area contributed by atoms with Gasteiger partial charge in [0, 0.05) is 38.9 Å². The van der Waals surface area contributed by atoms with Crippen LogP contribution in [0, 0.1) is 0 Å². The molecule has 0 unspecified atom stereocenters. The van der Waals surface area contributed by atoms with E-state index in [1.807, 2.05) is 67.4 Å². The molecule has 1 aliphatic rings. The molecule has 26 heavy (non-hydrogen) atoms. The number of rotatable bonds is 5. The standard InChI is InChI=1S/C20H26N4O2/c1-16(2)26-19-9-4-3-8-18(19)22-20(25)24-13-11-23(12-14-24)15-17-7-5-6-10-21-17/h3-10,16H,11-15H2,1-2H3,(H,22,25). The third-order valence-corrected chi connectivity index (χ3v) is 4.26. The molecule has 0 radical (unpaired) electrons. The molecule has 138 valence electrons. The molecule has 1 aromatic carbocycles. The highest BCUT2D eigenvalue weighted by atomic mass is 16.5. The minimum Gasteiger partial charge on any atom is -0.489 e. The minimum absolute atomic E-state index is 0.0585. The highest BCUT2D eigenvalue weighted by molar-refractivity contribution is 5.91. The zero-order chi connectivity index (χ0) is 18.4. The Labute approximate surface area is 154 Å². The van der Waals surface area contributed by atoms with Gasteiger partial charge in [-0.25, -0.2) is 4.79 Å². The van der Waals surface area contributed by atoms with Gasteiger partial charge in [-0.1, -0.05) is 18.2 Å². The van der Waals surface area contributed by atoms with Crippen LogP contribution in [0.2, 0.25) is 0 Å². The molecule has 2 amide bonds. The average Bonchev–Trinajstić information content (AvgIpc) is 2.64. The summed E-state index contributed by atoms with van der Waals surface area (Å²) in [6.07, 6.45) is 1.87. The van der Waals surface area contributed by atoms with Crippen molar-refractivity contribution in [3.8, 4) is 5.75 Å². The van der Waals surface area contributed by atoms with Crippen LogP contribution in [0.3, 0.4) is 0 Å². The van der Waals surface area contributed by atoms with Gasteiger partial charge < -0.3 is 15.0 Å². The van der Waals surface area contributed by atoms with Gasteiger partial charge in [0.05, 0.1) is 17.5 Å². The number of piperazine rings is 1. The van der Waals surface area contributed by atoms with E-state index in [0.29, 0.717) is 24.5 Å². The summed E-state index contributed by atoms with van der Waals surface area (Å²) in [5.74, 6) is 0.699. The lowest BCUT2D eigenvalue weighted by molar-refractivity contribution is 0.142. The van der Waals surface area contributed by atoms with Crippen LogP contribution in [-0.2, 0) is 6.54 Å². The van der Waals surface area contributed by atoms with Gasteiger partial charge in [-0.3, -0.25) is 9.88 Å². The predicted octanol–water partition coefficient (Wildman–Crippen LogP) is 3.22. The third kappa shape index (κ3) is 4.95. The largest absolute Gasteiger partial charge is 0.489 e. The minimum atomic E-state index is -0.0812. The summed E-state index contributed by atoms with van der Waals surface area (Å²) in [5.41, 5.74) is 1.77. The number of urea groups is 1. The van der Waals surface area contributed by atoms with Gasteiger partial charge in [-0.15, -0.1) is 0 Å². The molecular weight excluding hydrogens is 328 g/mol. The molecule has 1 aromatic heterocycles. The number of anilines is 1. The molecular formula is C20H26N4O2. The van der Waals surface area contributed by atoms with Crippen molar-refractivity contribution in [3.63, 3.8) is 0 Å². The molecule has 2 heterocycles. The summed E-state index contributed by atoms with van der Waals surface area (Å²) < 4.78 is 5.77. The zero-order valence-electron chi connectivity index (χ0n) is 15.4. The monoisotopic (exact) mass is 354 g/mol. The van der Waals surface area contributed by atoms with E-state index >= 15 is 0 Å². The van der Waals surface area contributed by atoms with E-state index in [1.54, 1.807) is 0 Å². The van der Waals surface area contributed by atoms with Crippen LogP contribution >= 0.6 is 0 Å². The quantitative estimate of drug-likeness (QED) is 0.896. The van der Waals surface area contributed by atoms with Crippen LogP contribution < -0.4 is 10.1 Å². The summed E-state index contributed by atoms with van der Waals surface area (Å²) in [5, 5.41) is 2.98. The van der Waals surface area contributed by atoms with Gasteiger partial charge in [-0.2, -0.15) is 0 Å². The summed E-state index contributed by atoms with van der Waals surface area (Å²) in [7, 11) is 0. The zero-order valence-corrected chi connectivity index (χ0v) is 15.4. The fourth-order valence-electron chi connectivity index (χ4n) is 2.95. The molecule has 1 N–H and O–H groups in total. The fraction of sp³-hybridized carbons (Fsp3) is 0.400. The maximum Gasteiger partial charge on any atom is 0.322 e. The van der Waals surface area contributed by atoms with Crippen LogP contribution in [0.25, 0.3) is 0 Å². The molecule has 6 nitrogen and oxygen atoms in total. The lowest BCUT2D eigenvalue weighted by Crippen LogP contribution is -2.49. The number of ether oxygens (including phenoxy) is 1. The molecule has 2 aromatic rings. The number of nitrogens with zero attached hydrogens (tertiary/aromatic N) is 3. The van der Waals surface area contributed by atoms with E-state index in [-0.39, 0.29) is 12.1 Å². The van der Waals surface area contributed by atoms with E-state index < -0.39 is 0 Å². The Morgan fingerprint density at radius 2 is 1.85 bits per heavy atom. The Bertz CT molecular complexity index is 713. The molecule has 3 rings (SSSR count). The van der Waals surface area contributed by atoms with Crippen molar-refractivity contribution in [2.45, 2.75) is 26.5 Å². The van der Waals surface area contributed by atoms with Crippen molar-refractivity contribution in [3.05, 3.63) is 54.4 Å². The third-order valence-electron chi connectivity index (χ3n) is 4.26. The first-order valence-corrected chi connectivity index (χ1v) is 9.05. The van der Waals surface area contributed by atoms with Gasteiger partial charge in [0.2, 0.25) is 0 Å². The number of benzene rings is 1.